The van der Waals surface area contributed by atoms with E-state index in [1.54, 1.807) is 14.2 Å². The molecule has 0 aliphatic carbocycles. The number of halogens is 3. The zero-order valence-corrected chi connectivity index (χ0v) is 17.0. The van der Waals surface area contributed by atoms with Gasteiger partial charge >= 0.3 is 12.1 Å². The molecule has 0 saturated carbocycles. The first-order valence-corrected chi connectivity index (χ1v) is 9.95. The fraction of sp³-hybridized carbons (Fsp3) is 0.667. The van der Waals surface area contributed by atoms with Crippen LogP contribution in [0.3, 0.4) is 0 Å². The molecule has 1 aromatic heterocycles. The number of carbonyl (C=O) groups is 2. The summed E-state index contributed by atoms with van der Waals surface area (Å²) in [6, 6.07) is 4.11. The molecule has 29 heavy (non-hydrogen) atoms. The van der Waals surface area contributed by atoms with Crippen LogP contribution in [0, 0.1) is 5.92 Å². The summed E-state index contributed by atoms with van der Waals surface area (Å²) in [5, 5.41) is 9.09. The average molecular weight is 438 g/mol. The molecule has 0 aromatic carbocycles. The van der Waals surface area contributed by atoms with Gasteiger partial charge in [0.05, 0.1) is 23.6 Å². The molecule has 3 rings (SSSR count). The van der Waals surface area contributed by atoms with Crippen molar-refractivity contribution in [2.75, 3.05) is 47.0 Å². The smallest absolute Gasteiger partial charge is 0.475 e. The van der Waals surface area contributed by atoms with Gasteiger partial charge in [-0.3, -0.25) is 9.69 Å². The predicted octanol–water partition coefficient (Wildman–Crippen LogP) is 2.19. The Hall–Kier alpha value is -1.69. The topological polar surface area (TPSA) is 79.3 Å². The Labute approximate surface area is 171 Å². The van der Waals surface area contributed by atoms with Gasteiger partial charge in [-0.25, -0.2) is 4.79 Å². The Morgan fingerprint density at radius 2 is 2.00 bits per heavy atom. The Morgan fingerprint density at radius 3 is 2.52 bits per heavy atom. The molecule has 2 fully saturated rings. The summed E-state index contributed by atoms with van der Waals surface area (Å²) < 4.78 is 42.6. The van der Waals surface area contributed by atoms with Crippen molar-refractivity contribution in [3.63, 3.8) is 0 Å². The van der Waals surface area contributed by atoms with E-state index >= 15 is 0 Å². The highest BCUT2D eigenvalue weighted by atomic mass is 32.1. The van der Waals surface area contributed by atoms with E-state index < -0.39 is 12.1 Å². The zero-order valence-electron chi connectivity index (χ0n) is 16.2. The third-order valence-electron chi connectivity index (χ3n) is 5.09. The molecule has 2 saturated heterocycles. The number of hydrogen-bond donors (Lipinski definition) is 1. The molecule has 7 nitrogen and oxygen atoms in total. The fourth-order valence-corrected chi connectivity index (χ4v) is 4.40. The molecule has 0 unspecified atom stereocenters. The van der Waals surface area contributed by atoms with Crippen LogP contribution in [0.2, 0.25) is 0 Å². The van der Waals surface area contributed by atoms with Crippen LogP contribution in [0.1, 0.15) is 16.1 Å². The number of methoxy groups -OCH3 is 2. The van der Waals surface area contributed by atoms with E-state index in [1.807, 2.05) is 17.5 Å². The summed E-state index contributed by atoms with van der Waals surface area (Å²) in [7, 11) is 3.52. The lowest BCUT2D eigenvalue weighted by atomic mass is 9.89. The molecule has 0 spiro atoms. The number of amides is 1. The highest BCUT2D eigenvalue weighted by Crippen LogP contribution is 2.33. The molecule has 3 atom stereocenters. The number of aliphatic carboxylic acids is 1. The fourth-order valence-electron chi connectivity index (χ4n) is 3.73. The van der Waals surface area contributed by atoms with E-state index in [2.05, 4.69) is 9.80 Å². The number of likely N-dealkylation sites (tertiary alicyclic amines) is 2. The maximum absolute atomic E-state index is 12.8. The maximum Gasteiger partial charge on any atom is 0.490 e. The quantitative estimate of drug-likeness (QED) is 0.759. The first-order chi connectivity index (χ1) is 13.7. The molecule has 1 N–H and O–H groups in total. The lowest BCUT2D eigenvalue weighted by Gasteiger charge is -2.41. The second-order valence-corrected chi connectivity index (χ2v) is 7.77. The molecule has 1 aromatic rings. The van der Waals surface area contributed by atoms with Crippen molar-refractivity contribution in [1.82, 2.24) is 9.80 Å². The van der Waals surface area contributed by atoms with E-state index in [0.29, 0.717) is 5.92 Å². The molecule has 0 radical (unpaired) electrons. The average Bonchev–Trinajstić information content (AvgIpc) is 3.34. The van der Waals surface area contributed by atoms with Crippen LogP contribution in [-0.2, 0) is 14.3 Å². The minimum atomic E-state index is -5.08. The van der Waals surface area contributed by atoms with Crippen LogP contribution < -0.4 is 0 Å². The van der Waals surface area contributed by atoms with Gasteiger partial charge in [-0.05, 0) is 17.9 Å². The van der Waals surface area contributed by atoms with Crippen LogP contribution in [0.15, 0.2) is 17.5 Å². The van der Waals surface area contributed by atoms with Crippen molar-refractivity contribution in [3.05, 3.63) is 22.4 Å². The SMILES string of the molecule is COCCN1C[C@@H]2[C@@H](OC)CCN(C(=O)c3cccs3)[C@@H]2C1.O=C(O)C(F)(F)F. The first-order valence-electron chi connectivity index (χ1n) is 9.07. The summed E-state index contributed by atoms with van der Waals surface area (Å²) >= 11 is 1.52. The van der Waals surface area contributed by atoms with Gasteiger partial charge in [0.15, 0.2) is 0 Å². The number of alkyl halides is 3. The van der Waals surface area contributed by atoms with Crippen molar-refractivity contribution < 1.29 is 37.3 Å². The van der Waals surface area contributed by atoms with Crippen LogP contribution >= 0.6 is 11.3 Å². The minimum absolute atomic E-state index is 0.174. The number of rotatable bonds is 5. The Kier molecular flexibility index (Phi) is 8.44. The van der Waals surface area contributed by atoms with Gasteiger partial charge in [-0.2, -0.15) is 13.2 Å². The van der Waals surface area contributed by atoms with Crippen LogP contribution in [0.5, 0.6) is 0 Å². The van der Waals surface area contributed by atoms with Crippen molar-refractivity contribution >= 4 is 23.2 Å². The second-order valence-electron chi connectivity index (χ2n) is 6.83. The lowest BCUT2D eigenvalue weighted by molar-refractivity contribution is -0.192. The standard InChI is InChI=1S/C16H24N2O3S.C2HF3O2/c1-20-8-7-17-10-12-13(11-17)18(6-5-14(12)21-2)16(19)15-4-3-9-22-15;3-2(4,5)1(6)7/h3-4,9,12-14H,5-8,10-11H2,1-2H3;(H,6,7)/t12-,13+,14-;/m0./s1. The van der Waals surface area contributed by atoms with E-state index in [-0.39, 0.29) is 18.1 Å². The van der Waals surface area contributed by atoms with Crippen LogP contribution in [-0.4, -0.2) is 92.1 Å². The molecule has 0 bridgehead atoms. The molecular formula is C18H25F3N2O5S. The highest BCUT2D eigenvalue weighted by molar-refractivity contribution is 7.12. The third kappa shape index (κ3) is 6.14. The molecule has 2 aliphatic heterocycles. The van der Waals surface area contributed by atoms with Gasteiger partial charge < -0.3 is 19.5 Å². The number of carboxylic acid groups (broad SMARTS) is 1. The number of thiophene rings is 1. The van der Waals surface area contributed by atoms with Crippen molar-refractivity contribution in [1.29, 1.82) is 0 Å². The summed E-state index contributed by atoms with van der Waals surface area (Å²) in [6.45, 7) is 4.34. The first kappa shape index (κ1) is 23.6. The van der Waals surface area contributed by atoms with E-state index in [9.17, 15) is 18.0 Å². The number of piperidine rings is 1. The second kappa shape index (κ2) is 10.4. The largest absolute Gasteiger partial charge is 0.490 e. The molecule has 1 amide bonds. The molecule has 164 valence electrons. The van der Waals surface area contributed by atoms with Gasteiger partial charge in [0.2, 0.25) is 0 Å². The van der Waals surface area contributed by atoms with Gasteiger partial charge in [0, 0.05) is 46.3 Å². The number of fused-ring (bicyclic) bond motifs is 1. The van der Waals surface area contributed by atoms with Crippen LogP contribution in [0.25, 0.3) is 0 Å². The maximum atomic E-state index is 12.8. The van der Waals surface area contributed by atoms with Crippen molar-refractivity contribution in [2.45, 2.75) is 24.7 Å². The molecule has 11 heteroatoms. The summed E-state index contributed by atoms with van der Waals surface area (Å²) in [5.74, 6) is -2.18. The van der Waals surface area contributed by atoms with E-state index in [0.717, 1.165) is 44.1 Å². The molecular weight excluding hydrogens is 413 g/mol. The monoisotopic (exact) mass is 438 g/mol. The van der Waals surface area contributed by atoms with Gasteiger partial charge in [-0.1, -0.05) is 6.07 Å². The molecule has 3 heterocycles. The normalized spacial score (nSPS) is 24.6. The Bertz CT molecular complexity index is 671. The van der Waals surface area contributed by atoms with Gasteiger partial charge in [0.1, 0.15) is 0 Å². The van der Waals surface area contributed by atoms with Gasteiger partial charge in [0.25, 0.3) is 5.91 Å². The highest BCUT2D eigenvalue weighted by Gasteiger charge is 2.46. The van der Waals surface area contributed by atoms with E-state index in [1.165, 1.54) is 11.3 Å². The number of ether oxygens (including phenoxy) is 2. The molecule has 2 aliphatic rings. The predicted molar refractivity (Wildman–Crippen MR) is 100 cm³/mol. The summed E-state index contributed by atoms with van der Waals surface area (Å²) in [4.78, 5) is 27.0. The number of carboxylic acids is 1. The summed E-state index contributed by atoms with van der Waals surface area (Å²) in [5.41, 5.74) is 0. The number of carbonyl (C=O) groups excluding carboxylic acids is 1. The van der Waals surface area contributed by atoms with Crippen molar-refractivity contribution in [3.8, 4) is 0 Å². The minimum Gasteiger partial charge on any atom is -0.475 e. The number of hydrogen-bond acceptors (Lipinski definition) is 6. The van der Waals surface area contributed by atoms with E-state index in [4.69, 9.17) is 19.4 Å². The summed E-state index contributed by atoms with van der Waals surface area (Å²) in [6.07, 6.45) is -3.91. The lowest BCUT2D eigenvalue weighted by Crippen LogP contribution is -2.53. The Morgan fingerprint density at radius 1 is 1.31 bits per heavy atom. The third-order valence-corrected chi connectivity index (χ3v) is 5.95. The van der Waals surface area contributed by atoms with Crippen molar-refractivity contribution in [2.24, 2.45) is 5.92 Å². The number of nitrogens with zero attached hydrogens (tertiary/aromatic N) is 2. The van der Waals surface area contributed by atoms with Crippen LogP contribution in [0.4, 0.5) is 13.2 Å². The van der Waals surface area contributed by atoms with Gasteiger partial charge in [-0.15, -0.1) is 11.3 Å². The zero-order chi connectivity index (χ0) is 21.6. The Balaban J connectivity index is 0.000000370.